The minimum atomic E-state index is 0. The van der Waals surface area contributed by atoms with Crippen LogP contribution in [0, 0.1) is 0 Å². The number of hydrogen-bond acceptors (Lipinski definition) is 2. The molecule has 114 valence electrons. The molecule has 2 aromatic rings. The molecule has 2 aromatic carbocycles. The molecule has 0 aromatic heterocycles. The van der Waals surface area contributed by atoms with Gasteiger partial charge in [0.05, 0.1) is 6.61 Å². The molecule has 21 heavy (non-hydrogen) atoms. The molecule has 2 nitrogen and oxygen atoms in total. The van der Waals surface area contributed by atoms with Crippen molar-refractivity contribution in [1.29, 1.82) is 0 Å². The predicted molar refractivity (Wildman–Crippen MR) is 90.8 cm³/mol. The third kappa shape index (κ3) is 5.50. The zero-order valence-electron chi connectivity index (χ0n) is 12.6. The van der Waals surface area contributed by atoms with Gasteiger partial charge in [-0.2, -0.15) is 0 Å². The molecule has 0 aliphatic rings. The Morgan fingerprint density at radius 2 is 1.62 bits per heavy atom. The molecule has 0 spiro atoms. The third-order valence-electron chi connectivity index (χ3n) is 3.55. The maximum atomic E-state index is 9.17. The van der Waals surface area contributed by atoms with Crippen molar-refractivity contribution in [2.75, 3.05) is 0 Å². The van der Waals surface area contributed by atoms with Gasteiger partial charge in [-0.15, -0.1) is 12.4 Å². The Hall–Kier alpha value is -1.35. The maximum absolute atomic E-state index is 9.17. The molecule has 0 bridgehead atoms. The Morgan fingerprint density at radius 1 is 0.952 bits per heavy atom. The molecule has 0 radical (unpaired) electrons. The number of hydrogen-bond donors (Lipinski definition) is 2. The van der Waals surface area contributed by atoms with Gasteiger partial charge in [-0.1, -0.05) is 54.6 Å². The summed E-state index contributed by atoms with van der Waals surface area (Å²) in [6.45, 7) is 4.50. The van der Waals surface area contributed by atoms with Gasteiger partial charge in [0.2, 0.25) is 0 Å². The number of rotatable bonds is 6. The van der Waals surface area contributed by atoms with Crippen LogP contribution in [0.25, 0.3) is 0 Å². The first-order valence-corrected chi connectivity index (χ1v) is 7.18. The average Bonchev–Trinajstić information content (AvgIpc) is 2.48. The van der Waals surface area contributed by atoms with Gasteiger partial charge in [-0.05, 0) is 37.0 Å². The molecular weight excluding hydrogens is 282 g/mol. The van der Waals surface area contributed by atoms with Crippen molar-refractivity contribution in [3.05, 3.63) is 71.3 Å². The van der Waals surface area contributed by atoms with E-state index in [1.54, 1.807) is 0 Å². The Kier molecular flexibility index (Phi) is 7.44. The topological polar surface area (TPSA) is 32.3 Å². The van der Waals surface area contributed by atoms with Gasteiger partial charge in [-0.3, -0.25) is 0 Å². The highest BCUT2D eigenvalue weighted by atomic mass is 35.5. The van der Waals surface area contributed by atoms with Crippen LogP contribution in [-0.2, 0) is 13.0 Å². The molecule has 0 saturated carbocycles. The first kappa shape index (κ1) is 17.7. The van der Waals surface area contributed by atoms with Crippen LogP contribution in [0.15, 0.2) is 54.6 Å². The van der Waals surface area contributed by atoms with Gasteiger partial charge >= 0.3 is 0 Å². The number of aliphatic hydroxyl groups is 1. The third-order valence-corrected chi connectivity index (χ3v) is 3.55. The van der Waals surface area contributed by atoms with E-state index in [2.05, 4.69) is 55.6 Å². The molecule has 2 atom stereocenters. The quantitative estimate of drug-likeness (QED) is 0.849. The van der Waals surface area contributed by atoms with Gasteiger partial charge < -0.3 is 10.4 Å². The lowest BCUT2D eigenvalue weighted by Gasteiger charge is -2.20. The second-order valence-electron chi connectivity index (χ2n) is 5.38. The minimum absolute atomic E-state index is 0. The van der Waals surface area contributed by atoms with E-state index >= 15 is 0 Å². The van der Waals surface area contributed by atoms with Gasteiger partial charge in [0.25, 0.3) is 0 Å². The summed E-state index contributed by atoms with van der Waals surface area (Å²) >= 11 is 0. The molecule has 0 saturated heterocycles. The Morgan fingerprint density at radius 3 is 2.29 bits per heavy atom. The molecule has 0 unspecified atom stereocenters. The highest BCUT2D eigenvalue weighted by molar-refractivity contribution is 5.85. The van der Waals surface area contributed by atoms with Crippen LogP contribution in [0.2, 0.25) is 0 Å². The lowest BCUT2D eigenvalue weighted by molar-refractivity contribution is 0.281. The van der Waals surface area contributed by atoms with Crippen molar-refractivity contribution < 1.29 is 5.11 Å². The molecule has 2 rings (SSSR count). The van der Waals surface area contributed by atoms with Crippen LogP contribution in [0.5, 0.6) is 0 Å². The Balaban J connectivity index is 0.00000220. The lowest BCUT2D eigenvalue weighted by Crippen LogP contribution is -2.30. The number of aliphatic hydroxyl groups excluding tert-OH is 1. The molecular formula is C18H24ClNO. The fraction of sp³-hybridized carbons (Fsp3) is 0.333. The smallest absolute Gasteiger partial charge is 0.0681 e. The van der Waals surface area contributed by atoms with Crippen molar-refractivity contribution in [2.24, 2.45) is 0 Å². The summed E-state index contributed by atoms with van der Waals surface area (Å²) in [5.74, 6) is 0. The number of nitrogens with one attached hydrogen (secondary N) is 1. The van der Waals surface area contributed by atoms with Crippen LogP contribution in [0.1, 0.15) is 36.6 Å². The van der Waals surface area contributed by atoms with E-state index in [1.165, 1.54) is 11.1 Å². The highest BCUT2D eigenvalue weighted by Gasteiger charge is 2.09. The van der Waals surface area contributed by atoms with Crippen molar-refractivity contribution in [3.8, 4) is 0 Å². The van der Waals surface area contributed by atoms with Crippen LogP contribution < -0.4 is 5.32 Å². The summed E-state index contributed by atoms with van der Waals surface area (Å²) < 4.78 is 0. The second-order valence-corrected chi connectivity index (χ2v) is 5.38. The Bertz CT molecular complexity index is 530. The van der Waals surface area contributed by atoms with Crippen LogP contribution >= 0.6 is 12.4 Å². The molecule has 2 N–H and O–H groups in total. The van der Waals surface area contributed by atoms with Gasteiger partial charge in [0.1, 0.15) is 0 Å². The summed E-state index contributed by atoms with van der Waals surface area (Å²) in [7, 11) is 0. The fourth-order valence-electron chi connectivity index (χ4n) is 2.53. The van der Waals surface area contributed by atoms with Crippen LogP contribution in [-0.4, -0.2) is 11.1 Å². The standard InChI is InChI=1S/C18H23NO.ClH/c1-14(11-16-7-6-8-17(12-16)13-20)19-15(2)18-9-4-3-5-10-18;/h3-10,12,14-15,19-20H,11,13H2,1-2H3;1H/t14-,15-;/m1./s1. The summed E-state index contributed by atoms with van der Waals surface area (Å²) in [5, 5.41) is 12.8. The lowest BCUT2D eigenvalue weighted by atomic mass is 10.0. The van der Waals surface area contributed by atoms with E-state index in [-0.39, 0.29) is 19.0 Å². The first-order chi connectivity index (χ1) is 9.69. The van der Waals surface area contributed by atoms with Crippen molar-refractivity contribution in [2.45, 2.75) is 39.0 Å². The van der Waals surface area contributed by atoms with E-state index in [0.29, 0.717) is 12.1 Å². The zero-order valence-corrected chi connectivity index (χ0v) is 13.4. The van der Waals surface area contributed by atoms with Crippen molar-refractivity contribution in [3.63, 3.8) is 0 Å². The van der Waals surface area contributed by atoms with Gasteiger partial charge in [0.15, 0.2) is 0 Å². The molecule has 3 heteroatoms. The van der Waals surface area contributed by atoms with Crippen LogP contribution in [0.3, 0.4) is 0 Å². The van der Waals surface area contributed by atoms with E-state index in [4.69, 9.17) is 0 Å². The summed E-state index contributed by atoms with van der Waals surface area (Å²) in [5.41, 5.74) is 3.55. The summed E-state index contributed by atoms with van der Waals surface area (Å²) in [6, 6.07) is 19.4. The monoisotopic (exact) mass is 305 g/mol. The van der Waals surface area contributed by atoms with Crippen molar-refractivity contribution in [1.82, 2.24) is 5.32 Å². The minimum Gasteiger partial charge on any atom is -0.392 e. The van der Waals surface area contributed by atoms with E-state index in [0.717, 1.165) is 12.0 Å². The van der Waals surface area contributed by atoms with Gasteiger partial charge in [-0.25, -0.2) is 0 Å². The molecule has 0 amide bonds. The SMILES string of the molecule is C[C@H](Cc1cccc(CO)c1)N[C@H](C)c1ccccc1.Cl. The number of benzene rings is 2. The molecule has 0 fully saturated rings. The second kappa shape index (κ2) is 8.83. The largest absolute Gasteiger partial charge is 0.392 e. The molecule has 0 aliphatic heterocycles. The maximum Gasteiger partial charge on any atom is 0.0681 e. The highest BCUT2D eigenvalue weighted by Crippen LogP contribution is 2.14. The van der Waals surface area contributed by atoms with E-state index in [1.807, 2.05) is 18.2 Å². The molecule has 0 heterocycles. The zero-order chi connectivity index (χ0) is 14.4. The normalized spacial score (nSPS) is 13.3. The van der Waals surface area contributed by atoms with E-state index < -0.39 is 0 Å². The summed E-state index contributed by atoms with van der Waals surface area (Å²) in [4.78, 5) is 0. The fourth-order valence-corrected chi connectivity index (χ4v) is 2.53. The van der Waals surface area contributed by atoms with Crippen LogP contribution in [0.4, 0.5) is 0 Å². The summed E-state index contributed by atoms with van der Waals surface area (Å²) in [6.07, 6.45) is 0.963. The van der Waals surface area contributed by atoms with Crippen molar-refractivity contribution >= 4 is 12.4 Å². The van der Waals surface area contributed by atoms with E-state index in [9.17, 15) is 5.11 Å². The predicted octanol–water partition coefficient (Wildman–Crippen LogP) is 3.88. The first-order valence-electron chi connectivity index (χ1n) is 7.18. The molecule has 0 aliphatic carbocycles. The Labute approximate surface area is 133 Å². The number of halogens is 1. The average molecular weight is 306 g/mol. The van der Waals surface area contributed by atoms with Gasteiger partial charge in [0, 0.05) is 12.1 Å².